The lowest BCUT2D eigenvalue weighted by molar-refractivity contribution is -0.144. The summed E-state index contributed by atoms with van der Waals surface area (Å²) in [5.74, 6) is -11.4. The molecule has 146 heavy (non-hydrogen) atoms. The van der Waals surface area contributed by atoms with Crippen molar-refractivity contribution in [2.45, 2.75) is 214 Å². The number of oxime groups is 1. The van der Waals surface area contributed by atoms with Gasteiger partial charge < -0.3 is 159 Å². The molecule has 1 aromatic heterocycles. The number of benzene rings is 2. The minimum absolute atomic E-state index is 0.00463. The number of hydrogen-bond acceptors (Lipinski definition) is 34. The molecule has 2 bridgehead atoms. The van der Waals surface area contributed by atoms with Crippen molar-refractivity contribution in [3.63, 3.8) is 0 Å². The van der Waals surface area contributed by atoms with Gasteiger partial charge in [-0.2, -0.15) is 11.8 Å². The molecule has 47 nitrogen and oxygen atoms in total. The summed E-state index contributed by atoms with van der Waals surface area (Å²) in [6.45, 7) is 20.9. The number of nitrogens with one attached hydrogen (secondary N) is 14. The van der Waals surface area contributed by atoms with Crippen molar-refractivity contribution in [2.24, 2.45) is 46.0 Å². The molecule has 2 saturated heterocycles. The van der Waals surface area contributed by atoms with Crippen LogP contribution in [0.4, 0.5) is 15.3 Å². The standard InChI is InChI=1S/C95H151N19O28S4/c1-12-14-16-58(6)95(10)94(8,9)144-52-63(53-145-95)113-142-51-78(121)110-79(56(3)4)88(127)106-68(17-15-24-100-92(98)130)84(123)104-62-20-18-60(19-21-62)50-141-93(131)103-45-61(96)44-99-25-26-134-27-28-135-29-30-136-31-32-137-33-34-138-35-36-139-37-38-140-39-40-143-54-67-74(133-11)23-22-65-66-42-69-83(122)101-47-77(120)109-80(57(5)13-2)87(126)102-46-76(119)105-71(55-146(132)90(66)112-82(65)67)85(124)108-70(43-75(97)118)91(129)114-48-64(116)41-72(114)86(125)111-81(89(128)107-69)59(7)73(117)49-115/h18-23,44,56-59,64,68-73,79-81,99,112,115-117H,12-17,24-43,45-55,96H2,1-11H3,(H2,97,118)(H,101,122)(H,102,126)(H,103,131)(H,104,123)(H,105,119)(H,106,127)(H,107,128)(H,108,124)(H,109,120)(H,110,121)(H,111,125)(H3,98,100,130)/b61-44-,113-63-/t57-,58?,59-,64+,68-,69-,70-,71+,72-,73-,79-,80-,81-,95-,146?/m0/s1. The van der Waals surface area contributed by atoms with E-state index in [0.29, 0.717) is 141 Å². The average Bonchev–Trinajstić information content (AvgIpc) is 1.61. The first kappa shape index (κ1) is 122. The fraction of sp³-hybridized carbons (Fsp3) is 0.674. The summed E-state index contributed by atoms with van der Waals surface area (Å²) >= 11 is 5.12. The van der Waals surface area contributed by atoms with Crippen LogP contribution in [0.3, 0.4) is 0 Å². The minimum atomic E-state index is -2.47. The van der Waals surface area contributed by atoms with E-state index in [0.717, 1.165) is 29.9 Å². The van der Waals surface area contributed by atoms with E-state index in [1.807, 2.05) is 23.5 Å². The van der Waals surface area contributed by atoms with Gasteiger partial charge in [0.1, 0.15) is 65.7 Å². The second-order valence-corrected chi connectivity index (χ2v) is 42.2. The highest BCUT2D eigenvalue weighted by Gasteiger charge is 2.49. The number of carbonyl (C=O) groups is 14. The third-order valence-corrected chi connectivity index (χ3v) is 31.2. The van der Waals surface area contributed by atoms with Crippen LogP contribution in [0.5, 0.6) is 5.75 Å². The van der Waals surface area contributed by atoms with Crippen LogP contribution in [0.2, 0.25) is 0 Å². The predicted molar refractivity (Wildman–Crippen MR) is 548 cm³/mol. The number of thioether (sulfide) groups is 3. The topological polar surface area (TPSA) is 675 Å². The van der Waals surface area contributed by atoms with Gasteiger partial charge in [0, 0.05) is 99.4 Å². The number of anilines is 1. The third-order valence-electron chi connectivity index (χ3n) is 25.1. The number of alkyl carbamates (subject to hydrolysis) is 1. The molecule has 0 aliphatic carbocycles. The number of H-pyrrole nitrogens is 1. The summed E-state index contributed by atoms with van der Waals surface area (Å²) in [6, 6.07) is -3.39. The predicted octanol–water partition coefficient (Wildman–Crippen LogP) is -0.723. The number of hydrogen-bond donors (Lipinski definition) is 20. The Labute approximate surface area is 866 Å². The monoisotopic (exact) mass is 2130 g/mol. The van der Waals surface area contributed by atoms with Gasteiger partial charge in [0.15, 0.2) is 6.61 Å². The molecule has 51 heteroatoms. The number of nitrogens with two attached hydrogens (primary N) is 3. The zero-order chi connectivity index (χ0) is 107. The van der Waals surface area contributed by atoms with Crippen molar-refractivity contribution >= 4 is 151 Å². The number of amides is 15. The van der Waals surface area contributed by atoms with Gasteiger partial charge in [0.25, 0.3) is 5.91 Å². The Balaban J connectivity index is 0.772. The molecule has 15 amide bonds. The average molecular weight is 2140 g/mol. The highest BCUT2D eigenvalue weighted by atomic mass is 32.2. The number of primary amides is 2. The minimum Gasteiger partial charge on any atom is -0.496 e. The lowest BCUT2D eigenvalue weighted by atomic mass is 9.81. The van der Waals surface area contributed by atoms with Gasteiger partial charge in [0.05, 0.1) is 172 Å². The number of ether oxygens (including phenoxy) is 9. The molecule has 0 spiro atoms. The Hall–Kier alpha value is -10.4. The van der Waals surface area contributed by atoms with Gasteiger partial charge in [-0.1, -0.05) is 85.0 Å². The Kier molecular flexibility index (Phi) is 53.8. The molecule has 23 N–H and O–H groups in total. The van der Waals surface area contributed by atoms with E-state index in [4.69, 9.17) is 64.7 Å². The van der Waals surface area contributed by atoms with Crippen molar-refractivity contribution in [1.29, 1.82) is 0 Å². The SMILES string of the molecule is CCCCC(C)[C@]1(C)SC/C(=N\OCC(=O)N[C@H](C(=O)N[C@@H](CCCNC(N)=O)C(=O)Nc2ccc(COC(=O)NC/C(N)=C/NCCOCCOCCOCCOCCOCCOCCOCCSCc3c(OC)ccc4c5c([nH]c34)S(=O)C[C@H]3NC(=O)CNC(=O)[C@H]([C@@H](C)CC)NC(=O)CNC(=O)[C@H](C5)NC(=O)[C@H]([C@@H](C)[C@@H](O)CO)NC(=O)[C@@H]4C[C@@H](O)CN4C(=O)[C@H](CC(N)=O)NC3=O)cc2)C(C)C)CSC1(C)C. The molecule has 3 aromatic rings. The summed E-state index contributed by atoms with van der Waals surface area (Å²) < 4.78 is 66.2. The summed E-state index contributed by atoms with van der Waals surface area (Å²) in [5, 5.41) is 70.6. The quantitative estimate of drug-likeness (QED) is 0.0245. The Morgan fingerprint density at radius 2 is 1.32 bits per heavy atom. The Morgan fingerprint density at radius 3 is 1.92 bits per heavy atom. The molecular weight excluding hydrogens is 1980 g/mol. The fourth-order valence-corrected chi connectivity index (χ4v) is 21.2. The van der Waals surface area contributed by atoms with Crippen LogP contribution < -0.4 is 91.1 Å². The summed E-state index contributed by atoms with van der Waals surface area (Å²) in [4.78, 5) is 202. The van der Waals surface area contributed by atoms with E-state index in [2.05, 4.69) is 114 Å². The second kappa shape index (κ2) is 64.1. The molecule has 15 atom stereocenters. The first-order valence-corrected chi connectivity index (χ1v) is 53.6. The normalized spacial score (nSPS) is 22.1. The number of fused-ring (bicyclic) bond motifs is 5. The van der Waals surface area contributed by atoms with E-state index in [1.54, 1.807) is 70.3 Å². The highest BCUT2D eigenvalue weighted by molar-refractivity contribution is 8.06. The van der Waals surface area contributed by atoms with Gasteiger partial charge in [-0.25, -0.2) is 9.59 Å². The zero-order valence-corrected chi connectivity index (χ0v) is 88.4. The summed E-state index contributed by atoms with van der Waals surface area (Å²) in [7, 11) is -1.04. The van der Waals surface area contributed by atoms with Crippen molar-refractivity contribution in [3.8, 4) is 5.75 Å². The van der Waals surface area contributed by atoms with Crippen LogP contribution in [0, 0.1) is 23.7 Å². The smallest absolute Gasteiger partial charge is 0.407 e. The van der Waals surface area contributed by atoms with Gasteiger partial charge in [-0.15, -0.1) is 23.5 Å². The molecular formula is C95H151N19O28S4. The number of aromatic amines is 1. The molecule has 7 rings (SSSR count). The highest BCUT2D eigenvalue weighted by Crippen LogP contribution is 2.52. The van der Waals surface area contributed by atoms with E-state index in [9.17, 15) is 82.4 Å². The lowest BCUT2D eigenvalue weighted by Gasteiger charge is -2.46. The molecule has 4 aliphatic heterocycles. The molecule has 2 fully saturated rings. The number of aliphatic hydroxyl groups excluding tert-OH is 3. The van der Waals surface area contributed by atoms with Gasteiger partial charge >= 0.3 is 12.1 Å². The maximum atomic E-state index is 15.4. The van der Waals surface area contributed by atoms with E-state index in [1.165, 1.54) is 25.8 Å². The van der Waals surface area contributed by atoms with Crippen LogP contribution in [0.25, 0.3) is 10.9 Å². The maximum Gasteiger partial charge on any atom is 0.407 e. The number of methoxy groups -OCH3 is 1. The number of aromatic nitrogens is 1. The first-order chi connectivity index (χ1) is 69.7. The molecule has 0 saturated carbocycles. The number of rotatable bonds is 56. The first-order valence-electron chi connectivity index (χ1n) is 49.1. The summed E-state index contributed by atoms with van der Waals surface area (Å²) in [6.07, 6.45) is 0.00000152. The summed E-state index contributed by atoms with van der Waals surface area (Å²) in [5.41, 5.74) is 20.0. The largest absolute Gasteiger partial charge is 0.496 e. The molecule has 2 unspecified atom stereocenters. The lowest BCUT2D eigenvalue weighted by Crippen LogP contribution is -2.62. The van der Waals surface area contributed by atoms with Gasteiger partial charge in [0.2, 0.25) is 65.0 Å². The number of aliphatic hydroxyl groups is 3. The van der Waals surface area contributed by atoms with Crippen LogP contribution in [0.1, 0.15) is 137 Å². The van der Waals surface area contributed by atoms with E-state index < -0.39 is 224 Å². The molecule has 5 heterocycles. The Morgan fingerprint density at radius 1 is 0.692 bits per heavy atom. The molecule has 0 radical (unpaired) electrons. The van der Waals surface area contributed by atoms with Crippen LogP contribution in [-0.4, -0.2) is 363 Å². The van der Waals surface area contributed by atoms with E-state index in [-0.39, 0.29) is 90.7 Å². The van der Waals surface area contributed by atoms with Crippen LogP contribution in [-0.2, 0) is 130 Å². The second-order valence-electron chi connectivity index (χ2n) is 36.7. The molecule has 818 valence electrons. The Bertz CT molecular complexity index is 4850. The van der Waals surface area contributed by atoms with Crippen molar-refractivity contribution < 1.29 is 134 Å². The number of carbonyl (C=O) groups excluding carboxylic acids is 14. The maximum absolute atomic E-state index is 15.4. The zero-order valence-electron chi connectivity index (χ0n) is 85.1. The van der Waals surface area contributed by atoms with E-state index >= 15 is 4.21 Å². The van der Waals surface area contributed by atoms with Gasteiger partial charge in [-0.3, -0.25) is 61.7 Å². The van der Waals surface area contributed by atoms with Crippen molar-refractivity contribution in [1.82, 2.24) is 73.7 Å². The fourth-order valence-electron chi connectivity index (χ4n) is 15.9. The molecule has 4 aliphatic rings. The van der Waals surface area contributed by atoms with Crippen LogP contribution in [0.15, 0.2) is 58.5 Å². The van der Waals surface area contributed by atoms with Crippen molar-refractivity contribution in [2.75, 3.05) is 180 Å². The number of unbranched alkanes of at least 4 members (excludes halogenated alkanes) is 1. The molecule has 2 aromatic carbocycles. The number of urea groups is 1. The van der Waals surface area contributed by atoms with Crippen LogP contribution >= 0.6 is 35.3 Å². The third kappa shape index (κ3) is 40.6. The van der Waals surface area contributed by atoms with Gasteiger partial charge in [-0.05, 0) is 93.2 Å². The van der Waals surface area contributed by atoms with Crippen molar-refractivity contribution in [3.05, 3.63) is 65.0 Å². The number of nitrogens with zero attached hydrogens (tertiary/aromatic N) is 2.